The fourth-order valence-corrected chi connectivity index (χ4v) is 3.28. The SMILES string of the molecule is CC[C@H](C)N(CC(=O)N(Cc1cccn1C)C1CC1)C(=O)Nc1ccccc1F. The summed E-state index contributed by atoms with van der Waals surface area (Å²) in [7, 11) is 1.96. The van der Waals surface area contributed by atoms with Gasteiger partial charge in [-0.25, -0.2) is 9.18 Å². The molecule has 2 aromatic rings. The highest BCUT2D eigenvalue weighted by atomic mass is 19.1. The lowest BCUT2D eigenvalue weighted by atomic mass is 10.2. The lowest BCUT2D eigenvalue weighted by Crippen LogP contribution is -2.48. The van der Waals surface area contributed by atoms with Gasteiger partial charge in [0.1, 0.15) is 12.4 Å². The van der Waals surface area contributed by atoms with Crippen LogP contribution in [0, 0.1) is 5.82 Å². The topological polar surface area (TPSA) is 57.6 Å². The van der Waals surface area contributed by atoms with Gasteiger partial charge < -0.3 is 19.7 Å². The van der Waals surface area contributed by atoms with Crippen LogP contribution < -0.4 is 5.32 Å². The number of nitrogens with one attached hydrogen (secondary N) is 1. The second-order valence-electron chi connectivity index (χ2n) is 7.66. The van der Waals surface area contributed by atoms with E-state index in [0.29, 0.717) is 13.0 Å². The molecule has 1 aliphatic rings. The van der Waals surface area contributed by atoms with Crippen LogP contribution >= 0.6 is 0 Å². The normalized spacial score (nSPS) is 14.3. The monoisotopic (exact) mass is 400 g/mol. The summed E-state index contributed by atoms with van der Waals surface area (Å²) in [5.41, 5.74) is 1.16. The van der Waals surface area contributed by atoms with Gasteiger partial charge in [0.25, 0.3) is 0 Å². The zero-order valence-electron chi connectivity index (χ0n) is 17.3. The Hall–Kier alpha value is -2.83. The van der Waals surface area contributed by atoms with Gasteiger partial charge in [-0.05, 0) is 50.5 Å². The Kier molecular flexibility index (Phi) is 6.56. The molecule has 3 rings (SSSR count). The number of rotatable bonds is 8. The zero-order valence-corrected chi connectivity index (χ0v) is 17.3. The summed E-state index contributed by atoms with van der Waals surface area (Å²) >= 11 is 0. The molecule has 0 radical (unpaired) electrons. The lowest BCUT2D eigenvalue weighted by Gasteiger charge is -2.31. The van der Waals surface area contributed by atoms with Crippen molar-refractivity contribution >= 4 is 17.6 Å². The van der Waals surface area contributed by atoms with Crippen LogP contribution in [0.3, 0.4) is 0 Å². The Balaban J connectivity index is 1.72. The third-order valence-corrected chi connectivity index (χ3v) is 5.50. The Morgan fingerprint density at radius 2 is 1.97 bits per heavy atom. The molecule has 1 N–H and O–H groups in total. The van der Waals surface area contributed by atoms with Crippen LogP contribution in [0.4, 0.5) is 14.9 Å². The minimum absolute atomic E-state index is 0.0315. The van der Waals surface area contributed by atoms with Crippen LogP contribution in [-0.4, -0.2) is 44.9 Å². The van der Waals surface area contributed by atoms with E-state index in [-0.39, 0.29) is 30.2 Å². The molecule has 1 aliphatic carbocycles. The molecule has 156 valence electrons. The van der Waals surface area contributed by atoms with Crippen molar-refractivity contribution in [3.63, 3.8) is 0 Å². The maximum absolute atomic E-state index is 13.9. The maximum Gasteiger partial charge on any atom is 0.322 e. The van der Waals surface area contributed by atoms with E-state index in [1.165, 1.54) is 17.0 Å². The Morgan fingerprint density at radius 1 is 1.24 bits per heavy atom. The number of aromatic nitrogens is 1. The van der Waals surface area contributed by atoms with Crippen LogP contribution in [0.25, 0.3) is 0 Å². The van der Waals surface area contributed by atoms with Crippen LogP contribution in [-0.2, 0) is 18.4 Å². The van der Waals surface area contributed by atoms with Crippen molar-refractivity contribution in [3.05, 3.63) is 54.1 Å². The van der Waals surface area contributed by atoms with E-state index in [0.717, 1.165) is 18.5 Å². The maximum atomic E-state index is 13.9. The molecule has 1 atom stereocenters. The first kappa shape index (κ1) is 20.9. The summed E-state index contributed by atoms with van der Waals surface area (Å²) in [6.07, 6.45) is 4.62. The summed E-state index contributed by atoms with van der Waals surface area (Å²) < 4.78 is 15.9. The number of nitrogens with zero attached hydrogens (tertiary/aromatic N) is 3. The molecule has 0 spiro atoms. The molecule has 0 aliphatic heterocycles. The van der Waals surface area contributed by atoms with E-state index in [9.17, 15) is 14.0 Å². The van der Waals surface area contributed by atoms with Crippen molar-refractivity contribution in [3.8, 4) is 0 Å². The molecule has 1 fully saturated rings. The van der Waals surface area contributed by atoms with Crippen molar-refractivity contribution in [2.75, 3.05) is 11.9 Å². The number of hydrogen-bond donors (Lipinski definition) is 1. The minimum Gasteiger partial charge on any atom is -0.353 e. The quantitative estimate of drug-likeness (QED) is 0.728. The number of para-hydroxylation sites is 1. The number of urea groups is 1. The first-order valence-corrected chi connectivity index (χ1v) is 10.1. The third kappa shape index (κ3) is 5.16. The number of carbonyl (C=O) groups excluding carboxylic acids is 2. The second kappa shape index (κ2) is 9.11. The van der Waals surface area contributed by atoms with Crippen LogP contribution in [0.1, 0.15) is 38.8 Å². The van der Waals surface area contributed by atoms with Crippen molar-refractivity contribution in [2.24, 2.45) is 7.05 Å². The molecule has 29 heavy (non-hydrogen) atoms. The van der Waals surface area contributed by atoms with Gasteiger partial charge in [-0.3, -0.25) is 4.79 Å². The molecule has 0 unspecified atom stereocenters. The van der Waals surface area contributed by atoms with E-state index in [1.807, 2.05) is 48.7 Å². The Bertz CT molecular complexity index is 862. The summed E-state index contributed by atoms with van der Waals surface area (Å²) in [4.78, 5) is 29.3. The molecule has 0 saturated heterocycles. The zero-order chi connectivity index (χ0) is 21.0. The largest absolute Gasteiger partial charge is 0.353 e. The number of carbonyl (C=O) groups is 2. The molecular formula is C22H29FN4O2. The van der Waals surface area contributed by atoms with Crippen LogP contribution in [0.15, 0.2) is 42.6 Å². The van der Waals surface area contributed by atoms with Crippen molar-refractivity contribution in [1.29, 1.82) is 0 Å². The van der Waals surface area contributed by atoms with Gasteiger partial charge >= 0.3 is 6.03 Å². The van der Waals surface area contributed by atoms with E-state index in [2.05, 4.69) is 5.32 Å². The second-order valence-corrected chi connectivity index (χ2v) is 7.66. The van der Waals surface area contributed by atoms with Gasteiger partial charge in [0, 0.05) is 31.0 Å². The molecule has 0 bridgehead atoms. The lowest BCUT2D eigenvalue weighted by molar-refractivity contribution is -0.133. The van der Waals surface area contributed by atoms with Crippen molar-refractivity contribution in [2.45, 2.75) is 51.7 Å². The first-order valence-electron chi connectivity index (χ1n) is 10.1. The fourth-order valence-electron chi connectivity index (χ4n) is 3.28. The molecule has 3 amide bonds. The fraction of sp³-hybridized carbons (Fsp3) is 0.455. The summed E-state index contributed by atoms with van der Waals surface area (Å²) in [5.74, 6) is -0.586. The van der Waals surface area contributed by atoms with Gasteiger partial charge in [-0.1, -0.05) is 19.1 Å². The Morgan fingerprint density at radius 3 is 2.55 bits per heavy atom. The van der Waals surface area contributed by atoms with Gasteiger partial charge in [0.05, 0.1) is 12.2 Å². The molecule has 1 saturated carbocycles. The van der Waals surface area contributed by atoms with Gasteiger partial charge in [0.2, 0.25) is 5.91 Å². The first-order chi connectivity index (χ1) is 13.9. The third-order valence-electron chi connectivity index (χ3n) is 5.50. The van der Waals surface area contributed by atoms with E-state index >= 15 is 0 Å². The highest BCUT2D eigenvalue weighted by Crippen LogP contribution is 2.29. The standard InChI is InChI=1S/C22H29FN4O2/c1-4-16(2)26(22(29)24-20-10-6-5-9-19(20)23)15-21(28)27(17-11-12-17)14-18-8-7-13-25(18)3/h5-10,13,16-17H,4,11-12,14-15H2,1-3H3,(H,24,29)/t16-/m0/s1. The minimum atomic E-state index is -0.500. The van der Waals surface area contributed by atoms with Gasteiger partial charge in [-0.15, -0.1) is 0 Å². The molecule has 1 aromatic carbocycles. The summed E-state index contributed by atoms with van der Waals surface area (Å²) in [6, 6.07) is 9.60. The number of benzene rings is 1. The Labute approximate surface area is 171 Å². The highest BCUT2D eigenvalue weighted by molar-refractivity contribution is 5.92. The number of halogens is 1. The molecule has 6 nitrogen and oxygen atoms in total. The van der Waals surface area contributed by atoms with E-state index < -0.39 is 11.8 Å². The van der Waals surface area contributed by atoms with E-state index in [1.54, 1.807) is 12.1 Å². The summed E-state index contributed by atoms with van der Waals surface area (Å²) in [6.45, 7) is 4.35. The number of aryl methyl sites for hydroxylation is 1. The molecule has 1 heterocycles. The predicted octanol–water partition coefficient (Wildman–Crippen LogP) is 3.99. The smallest absolute Gasteiger partial charge is 0.322 e. The average molecular weight is 400 g/mol. The van der Waals surface area contributed by atoms with E-state index in [4.69, 9.17) is 0 Å². The van der Waals surface area contributed by atoms with Crippen molar-refractivity contribution in [1.82, 2.24) is 14.4 Å². The van der Waals surface area contributed by atoms with Gasteiger partial charge in [0.15, 0.2) is 0 Å². The average Bonchev–Trinajstić information content (AvgIpc) is 3.47. The van der Waals surface area contributed by atoms with Crippen molar-refractivity contribution < 1.29 is 14.0 Å². The number of amides is 3. The highest BCUT2D eigenvalue weighted by Gasteiger charge is 2.35. The number of hydrogen-bond acceptors (Lipinski definition) is 2. The van der Waals surface area contributed by atoms with Gasteiger partial charge in [-0.2, -0.15) is 0 Å². The van der Waals surface area contributed by atoms with Crippen LogP contribution in [0.5, 0.6) is 0 Å². The van der Waals surface area contributed by atoms with Crippen LogP contribution in [0.2, 0.25) is 0 Å². The molecule has 7 heteroatoms. The molecule has 1 aromatic heterocycles. The molecular weight excluding hydrogens is 371 g/mol. The summed E-state index contributed by atoms with van der Waals surface area (Å²) in [5, 5.41) is 2.61. The number of anilines is 1. The predicted molar refractivity (Wildman–Crippen MR) is 111 cm³/mol.